The summed E-state index contributed by atoms with van der Waals surface area (Å²) in [7, 11) is 1.79. The monoisotopic (exact) mass is 530 g/mol. The Hall–Kier alpha value is -3.27. The number of alkyl halides is 3. The summed E-state index contributed by atoms with van der Waals surface area (Å²) in [6.45, 7) is 7.88. The maximum atomic E-state index is 13.4. The minimum atomic E-state index is -4.77. The number of piperidine rings is 1. The van der Waals surface area contributed by atoms with Crippen LogP contribution in [-0.2, 0) is 13.6 Å². The second kappa shape index (κ2) is 10.5. The summed E-state index contributed by atoms with van der Waals surface area (Å²) in [6, 6.07) is 9.86. The number of benzene rings is 1. The number of hydrogen-bond donors (Lipinski definition) is 0. The molecule has 0 N–H and O–H groups in total. The second-order valence-corrected chi connectivity index (χ2v) is 10.7. The number of likely N-dealkylation sites (tertiary alicyclic amines) is 1. The molecule has 1 aromatic carbocycles. The summed E-state index contributed by atoms with van der Waals surface area (Å²) in [5.41, 5.74) is 0.899. The maximum absolute atomic E-state index is 13.4. The van der Waals surface area contributed by atoms with Crippen molar-refractivity contribution in [2.75, 3.05) is 26.2 Å². The van der Waals surface area contributed by atoms with Crippen molar-refractivity contribution in [2.45, 2.75) is 39.1 Å². The van der Waals surface area contributed by atoms with Crippen molar-refractivity contribution in [1.82, 2.24) is 19.4 Å². The number of rotatable bonds is 10. The molecule has 1 saturated heterocycles. The lowest BCUT2D eigenvalue weighted by Crippen LogP contribution is -2.35. The molecule has 0 bridgehead atoms. The van der Waals surface area contributed by atoms with Gasteiger partial charge in [0, 0.05) is 45.3 Å². The molecular weight excluding hydrogens is 497 g/mol. The van der Waals surface area contributed by atoms with Crippen molar-refractivity contribution in [3.63, 3.8) is 0 Å². The molecule has 10 heteroatoms. The first-order valence-corrected chi connectivity index (χ1v) is 13.0. The van der Waals surface area contributed by atoms with Crippen LogP contribution < -0.4 is 4.74 Å². The number of ether oxygens (including phenoxy) is 1. The third kappa shape index (κ3) is 6.23. The Morgan fingerprint density at radius 2 is 2.00 bits per heavy atom. The van der Waals surface area contributed by atoms with E-state index in [0.717, 1.165) is 37.6 Å². The molecule has 2 aliphatic rings. The molecule has 3 heterocycles. The standard InChI is InChI=1S/C28H33F3N4O3/c1-18(26-8-7-19(2)37-26)9-10-34-13-22-23(14-34)24(22)15-35(27(36)25-16-33(3)17-32-25)12-20-5-4-6-21(11-20)38-28(29,30)31/h4-8,11,16-18,22-24H,9-10,12-15H2,1-3H3. The number of furan rings is 1. The molecule has 0 spiro atoms. The van der Waals surface area contributed by atoms with E-state index in [4.69, 9.17) is 4.42 Å². The summed E-state index contributed by atoms with van der Waals surface area (Å²) in [4.78, 5) is 21.8. The fraction of sp³-hybridized carbons (Fsp3) is 0.500. The number of amides is 1. The quantitative estimate of drug-likeness (QED) is 0.359. The van der Waals surface area contributed by atoms with Crippen LogP contribution in [0.3, 0.4) is 0 Å². The van der Waals surface area contributed by atoms with Gasteiger partial charge in [0.15, 0.2) is 0 Å². The number of imidazole rings is 1. The third-order valence-corrected chi connectivity index (χ3v) is 7.72. The highest BCUT2D eigenvalue weighted by Gasteiger charge is 2.55. The Bertz CT molecular complexity index is 1260. The van der Waals surface area contributed by atoms with Crippen molar-refractivity contribution in [3.05, 3.63) is 71.7 Å². The molecule has 0 radical (unpaired) electrons. The topological polar surface area (TPSA) is 63.7 Å². The van der Waals surface area contributed by atoms with E-state index in [2.05, 4.69) is 27.6 Å². The smallest absolute Gasteiger partial charge is 0.466 e. The van der Waals surface area contributed by atoms with E-state index in [1.807, 2.05) is 13.0 Å². The van der Waals surface area contributed by atoms with Crippen LogP contribution in [0.1, 0.15) is 46.8 Å². The minimum Gasteiger partial charge on any atom is -0.466 e. The van der Waals surface area contributed by atoms with Crippen molar-refractivity contribution in [3.8, 4) is 5.75 Å². The highest BCUT2D eigenvalue weighted by molar-refractivity contribution is 5.92. The molecule has 3 atom stereocenters. The van der Waals surface area contributed by atoms with Crippen molar-refractivity contribution in [1.29, 1.82) is 0 Å². The number of halogens is 3. The van der Waals surface area contributed by atoms with E-state index < -0.39 is 6.36 Å². The van der Waals surface area contributed by atoms with Gasteiger partial charge in [-0.3, -0.25) is 4.79 Å². The van der Waals surface area contributed by atoms with Crippen LogP contribution >= 0.6 is 0 Å². The number of hydrogen-bond acceptors (Lipinski definition) is 5. The molecule has 1 aliphatic heterocycles. The minimum absolute atomic E-state index is 0.185. The lowest BCUT2D eigenvalue weighted by molar-refractivity contribution is -0.274. The molecule has 3 aromatic rings. The highest BCUT2D eigenvalue weighted by Crippen LogP contribution is 2.52. The van der Waals surface area contributed by atoms with Gasteiger partial charge in [0.2, 0.25) is 0 Å². The summed E-state index contributed by atoms with van der Waals surface area (Å²) in [5, 5.41) is 0. The van der Waals surface area contributed by atoms with Gasteiger partial charge in [-0.05, 0) is 67.5 Å². The van der Waals surface area contributed by atoms with Gasteiger partial charge >= 0.3 is 6.36 Å². The van der Waals surface area contributed by atoms with Crippen LogP contribution in [0.5, 0.6) is 5.75 Å². The zero-order valence-corrected chi connectivity index (χ0v) is 21.8. The van der Waals surface area contributed by atoms with Crippen LogP contribution in [0.4, 0.5) is 13.2 Å². The SMILES string of the molecule is Cc1ccc(C(C)CCN2CC3C(C2)C3CN(Cc2cccc(OC(F)(F)F)c2)C(=O)c2cn(C)cn2)o1. The molecule has 7 nitrogen and oxygen atoms in total. The molecule has 2 aromatic heterocycles. The molecule has 38 heavy (non-hydrogen) atoms. The molecule has 2 fully saturated rings. The number of fused-ring (bicyclic) bond motifs is 1. The predicted octanol–water partition coefficient (Wildman–Crippen LogP) is 5.23. The fourth-order valence-corrected chi connectivity index (χ4v) is 5.65. The molecule has 1 aliphatic carbocycles. The highest BCUT2D eigenvalue weighted by atomic mass is 19.4. The van der Waals surface area contributed by atoms with Crippen molar-refractivity contribution in [2.24, 2.45) is 24.8 Å². The van der Waals surface area contributed by atoms with E-state index in [9.17, 15) is 18.0 Å². The lowest BCUT2D eigenvalue weighted by Gasteiger charge is -2.25. The lowest BCUT2D eigenvalue weighted by atomic mass is 10.0. The van der Waals surface area contributed by atoms with E-state index in [1.165, 1.54) is 18.2 Å². The van der Waals surface area contributed by atoms with E-state index in [-0.39, 0.29) is 18.2 Å². The number of nitrogens with zero attached hydrogens (tertiary/aromatic N) is 4. The Morgan fingerprint density at radius 1 is 1.24 bits per heavy atom. The van der Waals surface area contributed by atoms with Crippen molar-refractivity contribution < 1.29 is 27.1 Å². The Labute approximate surface area is 220 Å². The first-order chi connectivity index (χ1) is 18.1. The summed E-state index contributed by atoms with van der Waals surface area (Å²) >= 11 is 0. The van der Waals surface area contributed by atoms with E-state index in [0.29, 0.717) is 41.5 Å². The van der Waals surface area contributed by atoms with Gasteiger partial charge in [0.05, 0.1) is 6.33 Å². The van der Waals surface area contributed by atoms with Crippen LogP contribution in [0.2, 0.25) is 0 Å². The first kappa shape index (κ1) is 26.3. The fourth-order valence-electron chi connectivity index (χ4n) is 5.65. The first-order valence-electron chi connectivity index (χ1n) is 13.0. The van der Waals surface area contributed by atoms with Gasteiger partial charge in [0.1, 0.15) is 23.0 Å². The largest absolute Gasteiger partial charge is 0.573 e. The summed E-state index contributed by atoms with van der Waals surface area (Å²) in [6.07, 6.45) is -0.514. The van der Waals surface area contributed by atoms with Gasteiger partial charge in [-0.2, -0.15) is 0 Å². The average Bonchev–Trinajstić information content (AvgIpc) is 3.31. The van der Waals surface area contributed by atoms with Gasteiger partial charge < -0.3 is 23.5 Å². The number of aryl methyl sites for hydroxylation is 2. The van der Waals surface area contributed by atoms with Gasteiger partial charge in [-0.15, -0.1) is 13.2 Å². The second-order valence-electron chi connectivity index (χ2n) is 10.7. The molecule has 204 valence electrons. The molecule has 3 unspecified atom stereocenters. The van der Waals surface area contributed by atoms with Gasteiger partial charge in [-0.1, -0.05) is 19.1 Å². The molecule has 5 rings (SSSR count). The van der Waals surface area contributed by atoms with Gasteiger partial charge in [0.25, 0.3) is 5.91 Å². The number of carbonyl (C=O) groups excluding carboxylic acids is 1. The third-order valence-electron chi connectivity index (χ3n) is 7.72. The normalized spacial score (nSPS) is 21.8. The molecule has 1 amide bonds. The zero-order valence-electron chi connectivity index (χ0n) is 21.8. The molecule has 1 saturated carbocycles. The van der Waals surface area contributed by atoms with Crippen LogP contribution in [-0.4, -0.2) is 57.8 Å². The van der Waals surface area contributed by atoms with Crippen LogP contribution in [0.25, 0.3) is 0 Å². The van der Waals surface area contributed by atoms with E-state index >= 15 is 0 Å². The zero-order chi connectivity index (χ0) is 27.0. The van der Waals surface area contributed by atoms with Crippen LogP contribution in [0, 0.1) is 24.7 Å². The van der Waals surface area contributed by atoms with Crippen LogP contribution in [0.15, 0.2) is 53.3 Å². The van der Waals surface area contributed by atoms with Gasteiger partial charge in [-0.25, -0.2) is 4.98 Å². The van der Waals surface area contributed by atoms with E-state index in [1.54, 1.807) is 35.1 Å². The summed E-state index contributed by atoms with van der Waals surface area (Å²) in [5.74, 6) is 3.22. The number of aromatic nitrogens is 2. The van der Waals surface area contributed by atoms with Crippen molar-refractivity contribution >= 4 is 5.91 Å². The number of carbonyl (C=O) groups is 1. The molecular formula is C28H33F3N4O3. The Kier molecular flexibility index (Phi) is 7.26. The summed E-state index contributed by atoms with van der Waals surface area (Å²) < 4.78 is 49.7. The predicted molar refractivity (Wildman–Crippen MR) is 134 cm³/mol. The maximum Gasteiger partial charge on any atom is 0.573 e. The Balaban J connectivity index is 1.20. The average molecular weight is 531 g/mol. The Morgan fingerprint density at radius 3 is 2.63 bits per heavy atom.